The predicted molar refractivity (Wildman–Crippen MR) is 98.7 cm³/mol. The van der Waals surface area contributed by atoms with Gasteiger partial charge in [-0.3, -0.25) is 19.4 Å². The van der Waals surface area contributed by atoms with Crippen molar-refractivity contribution < 1.29 is 9.59 Å². The number of nitrogens with two attached hydrogens (primary N) is 1. The van der Waals surface area contributed by atoms with Crippen LogP contribution >= 0.6 is 0 Å². The van der Waals surface area contributed by atoms with Crippen LogP contribution in [0, 0.1) is 0 Å². The van der Waals surface area contributed by atoms with Crippen LogP contribution in [0.15, 0.2) is 29.1 Å². The average Bonchev–Trinajstić information content (AvgIpc) is 3.39. The molecule has 0 saturated heterocycles. The van der Waals surface area contributed by atoms with E-state index in [0.717, 1.165) is 12.8 Å². The highest BCUT2D eigenvalue weighted by Gasteiger charge is 2.25. The molecule has 6 N–H and O–H groups in total. The number of carbonyl (C=O) groups is 2. The molecule has 26 heavy (non-hydrogen) atoms. The Labute approximate surface area is 149 Å². The summed E-state index contributed by atoms with van der Waals surface area (Å²) in [5, 5.41) is 8.77. The van der Waals surface area contributed by atoms with E-state index < -0.39 is 11.5 Å². The SMILES string of the molecule is CCC(=O)Nc1ccc(Nc2nc(NC3CC3)c(C(N)=O)c(=O)[nH]2)cc1. The normalized spacial score (nSPS) is 13.1. The molecule has 9 nitrogen and oxygen atoms in total. The van der Waals surface area contributed by atoms with Crippen LogP contribution in [0.5, 0.6) is 0 Å². The summed E-state index contributed by atoms with van der Waals surface area (Å²) in [5.41, 5.74) is 5.83. The number of benzene rings is 1. The van der Waals surface area contributed by atoms with Gasteiger partial charge in [-0.2, -0.15) is 4.98 Å². The van der Waals surface area contributed by atoms with Crippen molar-refractivity contribution in [2.24, 2.45) is 5.73 Å². The van der Waals surface area contributed by atoms with Crippen molar-refractivity contribution in [3.63, 3.8) is 0 Å². The second-order valence-corrected chi connectivity index (χ2v) is 6.03. The molecule has 1 aliphatic carbocycles. The zero-order valence-corrected chi connectivity index (χ0v) is 14.3. The van der Waals surface area contributed by atoms with E-state index in [1.807, 2.05) is 0 Å². The highest BCUT2D eigenvalue weighted by atomic mass is 16.2. The number of hydrogen-bond donors (Lipinski definition) is 5. The molecule has 136 valence electrons. The fourth-order valence-electron chi connectivity index (χ4n) is 2.31. The van der Waals surface area contributed by atoms with Crippen LogP contribution in [0.3, 0.4) is 0 Å². The summed E-state index contributed by atoms with van der Waals surface area (Å²) in [6.45, 7) is 1.77. The molecule has 1 aliphatic rings. The summed E-state index contributed by atoms with van der Waals surface area (Å²) in [5.74, 6) is -0.536. The first-order valence-electron chi connectivity index (χ1n) is 8.34. The molecule has 1 fully saturated rings. The molecule has 2 aromatic rings. The smallest absolute Gasteiger partial charge is 0.267 e. The standard InChI is InChI=1S/C17H20N6O3/c1-2-12(24)19-9-3-7-11(8-4-9)21-17-22-15(20-10-5-6-10)13(14(18)25)16(26)23-17/h3-4,7-8,10H,2,5-6H2,1H3,(H2,18,25)(H,19,24)(H3,20,21,22,23,26). The van der Waals surface area contributed by atoms with Gasteiger partial charge in [0.1, 0.15) is 11.4 Å². The summed E-state index contributed by atoms with van der Waals surface area (Å²) in [7, 11) is 0. The maximum absolute atomic E-state index is 12.2. The molecule has 1 heterocycles. The van der Waals surface area contributed by atoms with E-state index in [1.54, 1.807) is 31.2 Å². The second kappa shape index (κ2) is 7.26. The molecule has 1 aromatic carbocycles. The Morgan fingerprint density at radius 2 is 1.88 bits per heavy atom. The lowest BCUT2D eigenvalue weighted by Crippen LogP contribution is -2.28. The number of nitrogens with one attached hydrogen (secondary N) is 4. The number of carbonyl (C=O) groups excluding carboxylic acids is 2. The quantitative estimate of drug-likeness (QED) is 0.509. The van der Waals surface area contributed by atoms with Gasteiger partial charge in [-0.1, -0.05) is 6.92 Å². The van der Waals surface area contributed by atoms with Crippen molar-refractivity contribution in [2.75, 3.05) is 16.0 Å². The van der Waals surface area contributed by atoms with E-state index in [1.165, 1.54) is 0 Å². The Morgan fingerprint density at radius 1 is 1.23 bits per heavy atom. The van der Waals surface area contributed by atoms with Gasteiger partial charge in [-0.05, 0) is 37.1 Å². The first-order chi connectivity index (χ1) is 12.5. The number of amides is 2. The Kier molecular flexibility index (Phi) is 4.87. The second-order valence-electron chi connectivity index (χ2n) is 6.03. The van der Waals surface area contributed by atoms with Gasteiger partial charge in [0.15, 0.2) is 0 Å². The fraction of sp³-hybridized carbons (Fsp3) is 0.294. The minimum Gasteiger partial charge on any atom is -0.366 e. The average molecular weight is 356 g/mol. The van der Waals surface area contributed by atoms with E-state index in [4.69, 9.17) is 5.73 Å². The van der Waals surface area contributed by atoms with E-state index in [2.05, 4.69) is 25.9 Å². The molecule has 0 aliphatic heterocycles. The number of aromatic amines is 1. The van der Waals surface area contributed by atoms with Gasteiger partial charge in [-0.15, -0.1) is 0 Å². The van der Waals surface area contributed by atoms with Gasteiger partial charge in [0, 0.05) is 23.8 Å². The summed E-state index contributed by atoms with van der Waals surface area (Å²) >= 11 is 0. The maximum atomic E-state index is 12.2. The van der Waals surface area contributed by atoms with Crippen LogP contribution in [-0.2, 0) is 4.79 Å². The number of H-pyrrole nitrogens is 1. The predicted octanol–water partition coefficient (Wildman–Crippen LogP) is 1.54. The van der Waals surface area contributed by atoms with Crippen molar-refractivity contribution in [2.45, 2.75) is 32.2 Å². The number of aromatic nitrogens is 2. The summed E-state index contributed by atoms with van der Waals surface area (Å²) in [6.07, 6.45) is 2.31. The maximum Gasteiger partial charge on any atom is 0.267 e. The van der Waals surface area contributed by atoms with E-state index >= 15 is 0 Å². The third-order valence-electron chi connectivity index (χ3n) is 3.84. The molecular weight excluding hydrogens is 336 g/mol. The Bertz CT molecular complexity index is 886. The van der Waals surface area contributed by atoms with Crippen molar-refractivity contribution in [1.82, 2.24) is 9.97 Å². The molecule has 1 aromatic heterocycles. The third kappa shape index (κ3) is 4.18. The van der Waals surface area contributed by atoms with Crippen molar-refractivity contribution in [3.8, 4) is 0 Å². The summed E-state index contributed by atoms with van der Waals surface area (Å²) in [6, 6.07) is 7.14. The van der Waals surface area contributed by atoms with Crippen LogP contribution in [0.25, 0.3) is 0 Å². The lowest BCUT2D eigenvalue weighted by Gasteiger charge is -2.11. The number of rotatable bonds is 7. The van der Waals surface area contributed by atoms with Crippen molar-refractivity contribution >= 4 is 35.0 Å². The van der Waals surface area contributed by atoms with Gasteiger partial charge in [0.2, 0.25) is 11.9 Å². The Hall–Kier alpha value is -3.36. The topological polar surface area (TPSA) is 142 Å². The first kappa shape index (κ1) is 17.5. The molecule has 0 atom stereocenters. The van der Waals surface area contributed by atoms with Crippen LogP contribution in [0.4, 0.5) is 23.1 Å². The molecule has 2 amide bonds. The lowest BCUT2D eigenvalue weighted by molar-refractivity contribution is -0.115. The molecule has 1 saturated carbocycles. The largest absolute Gasteiger partial charge is 0.366 e. The Balaban J connectivity index is 1.80. The van der Waals surface area contributed by atoms with Crippen LogP contribution in [0.2, 0.25) is 0 Å². The van der Waals surface area contributed by atoms with E-state index in [9.17, 15) is 14.4 Å². The fourth-order valence-corrected chi connectivity index (χ4v) is 2.31. The molecule has 0 radical (unpaired) electrons. The zero-order chi connectivity index (χ0) is 18.7. The van der Waals surface area contributed by atoms with Crippen molar-refractivity contribution in [1.29, 1.82) is 0 Å². The summed E-state index contributed by atoms with van der Waals surface area (Å²) < 4.78 is 0. The van der Waals surface area contributed by atoms with Crippen LogP contribution < -0.4 is 27.2 Å². The van der Waals surface area contributed by atoms with E-state index in [-0.39, 0.29) is 29.3 Å². The van der Waals surface area contributed by atoms with Gasteiger partial charge in [-0.25, -0.2) is 0 Å². The highest BCUT2D eigenvalue weighted by molar-refractivity contribution is 5.97. The molecular formula is C17H20N6O3. The monoisotopic (exact) mass is 356 g/mol. The molecule has 0 unspecified atom stereocenters. The number of primary amides is 1. The highest BCUT2D eigenvalue weighted by Crippen LogP contribution is 2.25. The minimum atomic E-state index is -0.829. The minimum absolute atomic E-state index is 0.0745. The molecule has 3 rings (SSSR count). The number of hydrogen-bond acceptors (Lipinski definition) is 6. The molecule has 0 bridgehead atoms. The van der Waals surface area contributed by atoms with Crippen molar-refractivity contribution in [3.05, 3.63) is 40.2 Å². The first-order valence-corrected chi connectivity index (χ1v) is 8.34. The van der Waals surface area contributed by atoms with Gasteiger partial charge in [0.25, 0.3) is 11.5 Å². The van der Waals surface area contributed by atoms with Gasteiger partial charge >= 0.3 is 0 Å². The number of anilines is 4. The number of nitrogens with zero attached hydrogens (tertiary/aromatic N) is 1. The van der Waals surface area contributed by atoms with E-state index in [0.29, 0.717) is 17.8 Å². The summed E-state index contributed by atoms with van der Waals surface area (Å²) in [4.78, 5) is 41.9. The molecule has 9 heteroatoms. The van der Waals surface area contributed by atoms with Gasteiger partial charge in [0.05, 0.1) is 0 Å². The van der Waals surface area contributed by atoms with Crippen LogP contribution in [-0.4, -0.2) is 27.8 Å². The van der Waals surface area contributed by atoms with Gasteiger partial charge < -0.3 is 21.7 Å². The lowest BCUT2D eigenvalue weighted by atomic mass is 10.2. The zero-order valence-electron chi connectivity index (χ0n) is 14.3. The Morgan fingerprint density at radius 3 is 2.46 bits per heavy atom. The molecule has 0 spiro atoms. The third-order valence-corrected chi connectivity index (χ3v) is 3.84. The van der Waals surface area contributed by atoms with Crippen LogP contribution in [0.1, 0.15) is 36.5 Å².